The van der Waals surface area contributed by atoms with Gasteiger partial charge in [0.05, 0.1) is 18.9 Å². The smallest absolute Gasteiger partial charge is 0.272 e. The summed E-state index contributed by atoms with van der Waals surface area (Å²) < 4.78 is 12.1. The topological polar surface area (TPSA) is 72.8 Å². The zero-order valence-electron chi connectivity index (χ0n) is 16.1. The highest BCUT2D eigenvalue weighted by Gasteiger charge is 2.10. The number of pyridine rings is 1. The van der Waals surface area contributed by atoms with Gasteiger partial charge in [0.2, 0.25) is 0 Å². The lowest BCUT2D eigenvalue weighted by molar-refractivity contribution is 0.0955. The second-order valence-corrected chi connectivity index (χ2v) is 7.09. The summed E-state index contributed by atoms with van der Waals surface area (Å²) in [6.45, 7) is 2.47. The van der Waals surface area contributed by atoms with Crippen molar-refractivity contribution in [2.75, 3.05) is 7.11 Å². The Bertz CT molecular complexity index is 1010. The van der Waals surface area contributed by atoms with Crippen LogP contribution in [0.4, 0.5) is 0 Å². The number of halogens is 1. The number of hydrogen-bond acceptors (Lipinski definition) is 5. The molecule has 29 heavy (non-hydrogen) atoms. The molecule has 0 bridgehead atoms. The Labute approximate surface area is 177 Å². The molecule has 0 radical (unpaired) electrons. The largest absolute Gasteiger partial charge is 0.493 e. The molecule has 1 aromatic heterocycles. The third-order valence-electron chi connectivity index (χ3n) is 4.09. The molecule has 7 heteroatoms. The molecule has 0 saturated heterocycles. The maximum Gasteiger partial charge on any atom is 0.272 e. The molecular formula is C22H20BrN3O3. The van der Waals surface area contributed by atoms with Crippen LogP contribution in [0.25, 0.3) is 0 Å². The number of nitrogens with zero attached hydrogens (tertiary/aromatic N) is 2. The first-order valence-corrected chi connectivity index (χ1v) is 9.65. The summed E-state index contributed by atoms with van der Waals surface area (Å²) >= 11 is 3.51. The molecule has 0 saturated carbocycles. The number of ether oxygens (including phenoxy) is 2. The highest BCUT2D eigenvalue weighted by atomic mass is 79.9. The van der Waals surface area contributed by atoms with Crippen LogP contribution in [0.5, 0.6) is 11.5 Å². The number of aryl methyl sites for hydroxylation is 1. The molecule has 0 spiro atoms. The van der Waals surface area contributed by atoms with Gasteiger partial charge in [-0.15, -0.1) is 0 Å². The molecule has 0 aliphatic carbocycles. The molecule has 0 aliphatic heterocycles. The van der Waals surface area contributed by atoms with Crippen molar-refractivity contribution in [1.82, 2.24) is 10.4 Å². The fourth-order valence-corrected chi connectivity index (χ4v) is 2.91. The van der Waals surface area contributed by atoms with Crippen LogP contribution in [0, 0.1) is 6.92 Å². The van der Waals surface area contributed by atoms with Crippen LogP contribution in [0.3, 0.4) is 0 Å². The molecule has 1 heterocycles. The number of amides is 1. The van der Waals surface area contributed by atoms with Crippen LogP contribution in [-0.4, -0.2) is 24.2 Å². The lowest BCUT2D eigenvalue weighted by Crippen LogP contribution is -2.17. The molecule has 1 amide bonds. The molecule has 6 nitrogen and oxygen atoms in total. The van der Waals surface area contributed by atoms with E-state index in [1.165, 1.54) is 18.0 Å². The summed E-state index contributed by atoms with van der Waals surface area (Å²) in [4.78, 5) is 15.9. The van der Waals surface area contributed by atoms with Crippen molar-refractivity contribution in [2.24, 2.45) is 5.10 Å². The lowest BCUT2D eigenvalue weighted by Gasteiger charge is -2.13. The molecule has 3 rings (SSSR count). The first-order chi connectivity index (χ1) is 14.1. The highest BCUT2D eigenvalue weighted by Crippen LogP contribution is 2.33. The first-order valence-electron chi connectivity index (χ1n) is 8.86. The maximum atomic E-state index is 12.0. The minimum absolute atomic E-state index is 0.338. The molecule has 148 valence electrons. The lowest BCUT2D eigenvalue weighted by atomic mass is 10.2. The molecule has 2 aromatic carbocycles. The highest BCUT2D eigenvalue weighted by molar-refractivity contribution is 9.10. The van der Waals surface area contributed by atoms with Crippen LogP contribution in [0.2, 0.25) is 0 Å². The summed E-state index contributed by atoms with van der Waals surface area (Å²) in [5.74, 6) is 0.840. The van der Waals surface area contributed by atoms with Crippen molar-refractivity contribution in [2.45, 2.75) is 13.5 Å². The van der Waals surface area contributed by atoms with E-state index in [0.717, 1.165) is 15.6 Å². The van der Waals surface area contributed by atoms with Gasteiger partial charge in [-0.3, -0.25) is 9.78 Å². The quantitative estimate of drug-likeness (QED) is 0.422. The van der Waals surface area contributed by atoms with E-state index in [2.05, 4.69) is 31.4 Å². The molecule has 0 atom stereocenters. The average molecular weight is 454 g/mol. The second kappa shape index (κ2) is 9.84. The summed E-state index contributed by atoms with van der Waals surface area (Å²) in [5.41, 5.74) is 5.91. The Hall–Kier alpha value is -3.19. The number of aromatic nitrogens is 1. The van der Waals surface area contributed by atoms with Gasteiger partial charge in [-0.05, 0) is 52.7 Å². The van der Waals surface area contributed by atoms with Crippen LogP contribution in [0.1, 0.15) is 27.0 Å². The first kappa shape index (κ1) is 20.5. The zero-order valence-corrected chi connectivity index (χ0v) is 17.6. The molecule has 0 fully saturated rings. The number of hydrazone groups is 1. The fraction of sp³-hybridized carbons (Fsp3) is 0.136. The third-order valence-corrected chi connectivity index (χ3v) is 4.78. The summed E-state index contributed by atoms with van der Waals surface area (Å²) in [7, 11) is 1.58. The van der Waals surface area contributed by atoms with Gasteiger partial charge in [0.1, 0.15) is 6.61 Å². The van der Waals surface area contributed by atoms with Gasteiger partial charge >= 0.3 is 0 Å². The monoisotopic (exact) mass is 453 g/mol. The van der Waals surface area contributed by atoms with Crippen molar-refractivity contribution in [3.63, 3.8) is 0 Å². The third kappa shape index (κ3) is 5.65. The summed E-state index contributed by atoms with van der Waals surface area (Å²) in [6.07, 6.45) is 4.61. The Morgan fingerprint density at radius 2 is 2.00 bits per heavy atom. The van der Waals surface area contributed by atoms with E-state index in [0.29, 0.717) is 23.7 Å². The number of benzene rings is 2. The van der Waals surface area contributed by atoms with Crippen molar-refractivity contribution < 1.29 is 14.3 Å². The van der Waals surface area contributed by atoms with E-state index in [9.17, 15) is 4.79 Å². The van der Waals surface area contributed by atoms with Crippen molar-refractivity contribution in [3.05, 3.63) is 87.7 Å². The second-order valence-electron chi connectivity index (χ2n) is 6.24. The van der Waals surface area contributed by atoms with Gasteiger partial charge in [0.25, 0.3) is 5.91 Å². The maximum absolute atomic E-state index is 12.0. The molecule has 0 unspecified atom stereocenters. The average Bonchev–Trinajstić information content (AvgIpc) is 2.75. The molecule has 3 aromatic rings. The Morgan fingerprint density at radius 3 is 2.69 bits per heavy atom. The number of hydrogen-bond donors (Lipinski definition) is 1. The minimum Gasteiger partial charge on any atom is -0.493 e. The van der Waals surface area contributed by atoms with Crippen LogP contribution >= 0.6 is 15.9 Å². The van der Waals surface area contributed by atoms with E-state index < -0.39 is 0 Å². The number of nitrogens with one attached hydrogen (secondary N) is 1. The summed E-state index contributed by atoms with van der Waals surface area (Å²) in [5, 5.41) is 4.01. The predicted octanol–water partition coefficient (Wildman–Crippen LogP) is 4.50. The van der Waals surface area contributed by atoms with Crippen molar-refractivity contribution in [1.29, 1.82) is 0 Å². The van der Waals surface area contributed by atoms with Gasteiger partial charge in [-0.25, -0.2) is 5.43 Å². The number of carbonyl (C=O) groups excluding carboxylic acids is 1. The molecule has 1 N–H and O–H groups in total. The minimum atomic E-state index is -0.338. The van der Waals surface area contributed by atoms with Crippen LogP contribution < -0.4 is 14.9 Å². The summed E-state index contributed by atoms with van der Waals surface area (Å²) in [6, 6.07) is 15.1. The van der Waals surface area contributed by atoms with Gasteiger partial charge in [0, 0.05) is 22.4 Å². The van der Waals surface area contributed by atoms with Crippen molar-refractivity contribution >= 4 is 28.1 Å². The number of carbonyl (C=O) groups is 1. The Kier molecular flexibility index (Phi) is 6.97. The molecule has 0 aliphatic rings. The van der Waals surface area contributed by atoms with E-state index in [-0.39, 0.29) is 5.91 Å². The zero-order chi connectivity index (χ0) is 20.6. The Balaban J connectivity index is 1.68. The van der Waals surface area contributed by atoms with E-state index in [4.69, 9.17) is 9.47 Å². The standard InChI is InChI=1S/C22H20BrN3O3/c1-15-5-7-16(8-6-15)14-29-21-11-19(23)18(10-20(21)28-2)13-25-26-22(27)17-4-3-9-24-12-17/h3-13H,14H2,1-2H3,(H,26,27)/b25-13+. The van der Waals surface area contributed by atoms with E-state index >= 15 is 0 Å². The van der Waals surface area contributed by atoms with Gasteiger partial charge in [0.15, 0.2) is 11.5 Å². The van der Waals surface area contributed by atoms with E-state index in [1.54, 1.807) is 31.5 Å². The molecular weight excluding hydrogens is 434 g/mol. The fourth-order valence-electron chi connectivity index (χ4n) is 2.49. The van der Waals surface area contributed by atoms with Crippen LogP contribution in [-0.2, 0) is 6.61 Å². The number of rotatable bonds is 7. The SMILES string of the molecule is COc1cc(/C=N/NC(=O)c2cccnc2)c(Br)cc1OCc1ccc(C)cc1. The number of methoxy groups -OCH3 is 1. The van der Waals surface area contributed by atoms with Crippen LogP contribution in [0.15, 0.2) is 70.5 Å². The Morgan fingerprint density at radius 1 is 1.21 bits per heavy atom. The normalized spacial score (nSPS) is 10.7. The van der Waals surface area contributed by atoms with Gasteiger partial charge in [-0.2, -0.15) is 5.10 Å². The predicted molar refractivity (Wildman–Crippen MR) is 116 cm³/mol. The van der Waals surface area contributed by atoms with E-state index in [1.807, 2.05) is 37.3 Å². The van der Waals surface area contributed by atoms with Gasteiger partial charge < -0.3 is 9.47 Å². The van der Waals surface area contributed by atoms with Gasteiger partial charge in [-0.1, -0.05) is 29.8 Å². The van der Waals surface area contributed by atoms with Crippen molar-refractivity contribution in [3.8, 4) is 11.5 Å².